The Labute approximate surface area is 108 Å². The molecular weight excluding hydrogens is 226 g/mol. The van der Waals surface area contributed by atoms with Crippen molar-refractivity contribution in [2.75, 3.05) is 31.6 Å². The first-order valence-electron chi connectivity index (χ1n) is 7.59. The maximum atomic E-state index is 2.56. The lowest BCUT2D eigenvalue weighted by molar-refractivity contribution is 0.234. The Morgan fingerprint density at radius 1 is 1.35 bits per heavy atom. The number of rotatable bonds is 6. The number of hydrogen-bond donors (Lipinski definition) is 0. The van der Waals surface area contributed by atoms with Gasteiger partial charge in [0.05, 0.1) is 0 Å². The summed E-state index contributed by atoms with van der Waals surface area (Å²) in [5.74, 6) is 5.56. The molecule has 3 atom stereocenters. The monoisotopic (exact) mass is 253 g/mol. The van der Waals surface area contributed by atoms with Crippen molar-refractivity contribution in [3.05, 3.63) is 0 Å². The second-order valence-electron chi connectivity index (χ2n) is 7.39. The molecule has 17 heavy (non-hydrogen) atoms. The van der Waals surface area contributed by atoms with Crippen molar-refractivity contribution in [2.24, 2.45) is 17.3 Å². The molecule has 0 N–H and O–H groups in total. The highest BCUT2D eigenvalue weighted by atomic mass is 32.3. The third-order valence-electron chi connectivity index (χ3n) is 6.40. The lowest BCUT2D eigenvalue weighted by Gasteiger charge is -2.56. The summed E-state index contributed by atoms with van der Waals surface area (Å²) >= 11 is 0. The van der Waals surface area contributed by atoms with Gasteiger partial charge in [-0.2, -0.15) is 0 Å². The van der Waals surface area contributed by atoms with Crippen molar-refractivity contribution >= 4 is 10.0 Å². The highest BCUT2D eigenvalue weighted by molar-refractivity contribution is 8.44. The van der Waals surface area contributed by atoms with Gasteiger partial charge in [0.25, 0.3) is 0 Å². The summed E-state index contributed by atoms with van der Waals surface area (Å²) < 4.78 is 0. The normalized spacial score (nSPS) is 55.3. The number of nitrogens with zero attached hydrogens (tertiary/aromatic N) is 1. The van der Waals surface area contributed by atoms with E-state index in [0.717, 1.165) is 17.3 Å². The van der Waals surface area contributed by atoms with Crippen LogP contribution in [0.1, 0.15) is 33.1 Å². The van der Waals surface area contributed by atoms with Crippen LogP contribution in [0.25, 0.3) is 0 Å². The molecule has 2 saturated carbocycles. The van der Waals surface area contributed by atoms with Gasteiger partial charge >= 0.3 is 0 Å². The van der Waals surface area contributed by atoms with Crippen molar-refractivity contribution in [3.8, 4) is 0 Å². The zero-order chi connectivity index (χ0) is 11.8. The summed E-state index contributed by atoms with van der Waals surface area (Å²) in [4.78, 5) is 2.55. The topological polar surface area (TPSA) is 3.24 Å². The lowest BCUT2D eigenvalue weighted by Crippen LogP contribution is -2.49. The zero-order valence-electron chi connectivity index (χ0n) is 11.6. The Hall–Kier alpha value is 0.310. The van der Waals surface area contributed by atoms with Crippen LogP contribution >= 0.6 is 10.0 Å². The van der Waals surface area contributed by atoms with Gasteiger partial charge in [0.1, 0.15) is 0 Å². The van der Waals surface area contributed by atoms with Crippen molar-refractivity contribution in [1.82, 2.24) is 4.90 Å². The fourth-order valence-electron chi connectivity index (χ4n) is 5.05. The van der Waals surface area contributed by atoms with Gasteiger partial charge in [0.15, 0.2) is 0 Å². The Bertz CT molecular complexity index is 339. The second-order valence-corrected chi connectivity index (χ2v) is 11.0. The molecule has 3 unspecified atom stereocenters. The van der Waals surface area contributed by atoms with Gasteiger partial charge in [0.2, 0.25) is 0 Å². The van der Waals surface area contributed by atoms with Crippen LogP contribution in [0.5, 0.6) is 0 Å². The van der Waals surface area contributed by atoms with E-state index >= 15 is 0 Å². The molecule has 0 amide bonds. The molecule has 0 aromatic heterocycles. The summed E-state index contributed by atoms with van der Waals surface area (Å²) in [5.41, 5.74) is 0.888. The molecule has 5 rings (SSSR count). The third-order valence-corrected chi connectivity index (χ3v) is 11.8. The van der Waals surface area contributed by atoms with Crippen molar-refractivity contribution in [1.29, 1.82) is 0 Å². The van der Waals surface area contributed by atoms with Gasteiger partial charge in [-0.15, -0.1) is 0 Å². The van der Waals surface area contributed by atoms with Crippen LogP contribution < -0.4 is 0 Å². The summed E-state index contributed by atoms with van der Waals surface area (Å²) in [6, 6.07) is 0. The molecule has 1 nitrogen and oxygen atoms in total. The molecule has 0 aromatic rings. The number of hydrogen-bond acceptors (Lipinski definition) is 1. The van der Waals surface area contributed by atoms with Gasteiger partial charge in [-0.25, -0.2) is 10.0 Å². The third kappa shape index (κ3) is 1.22. The van der Waals surface area contributed by atoms with Gasteiger partial charge < -0.3 is 4.90 Å². The van der Waals surface area contributed by atoms with Crippen LogP contribution in [0.15, 0.2) is 0 Å². The van der Waals surface area contributed by atoms with Crippen LogP contribution in [0.2, 0.25) is 0 Å². The Kier molecular flexibility index (Phi) is 2.13. The predicted octanol–water partition coefficient (Wildman–Crippen LogP) is 2.94. The van der Waals surface area contributed by atoms with Crippen LogP contribution in [0.4, 0.5) is 0 Å². The average molecular weight is 253 g/mol. The first-order chi connectivity index (χ1) is 8.14. The fourth-order valence-corrected chi connectivity index (χ4v) is 11.9. The van der Waals surface area contributed by atoms with Gasteiger partial charge in [-0.05, 0) is 36.9 Å². The molecule has 2 aliphatic carbocycles. The highest BCUT2D eigenvalue weighted by Crippen LogP contribution is 3.08. The Balaban J connectivity index is 1.29. The summed E-state index contributed by atoms with van der Waals surface area (Å²) in [7, 11) is 2.33. The lowest BCUT2D eigenvalue weighted by atomic mass is 9.77. The first-order valence-corrected chi connectivity index (χ1v) is 9.69. The summed E-state index contributed by atoms with van der Waals surface area (Å²) in [5, 5.41) is 2.54. The Morgan fingerprint density at radius 2 is 2.06 bits per heavy atom. The Morgan fingerprint density at radius 3 is 2.53 bits per heavy atom. The molecule has 5 fully saturated rings. The molecule has 5 aliphatic rings. The van der Waals surface area contributed by atoms with E-state index in [9.17, 15) is 0 Å². The molecule has 2 heteroatoms. The fraction of sp³-hybridized carbons (Fsp3) is 1.00. The maximum Gasteiger partial charge on any atom is 0.0136 e. The molecule has 0 radical (unpaired) electrons. The zero-order valence-corrected chi connectivity index (χ0v) is 12.4. The van der Waals surface area contributed by atoms with Crippen LogP contribution in [-0.2, 0) is 0 Å². The standard InChI is InChI=1S/C15H27NS/c1-4-16(3)9-15-10-17(13(15)14(15)17)8-11(2)12-6-5-7-12/h11-14H,4-10H2,1-3H3. The minimum Gasteiger partial charge on any atom is -0.306 e. The van der Waals surface area contributed by atoms with Gasteiger partial charge in [-0.3, -0.25) is 0 Å². The average Bonchev–Trinajstić information content (AvgIpc) is 2.98. The van der Waals surface area contributed by atoms with Gasteiger partial charge in [-0.1, -0.05) is 33.1 Å². The molecule has 0 spiro atoms. The quantitative estimate of drug-likeness (QED) is 0.658. The predicted molar refractivity (Wildman–Crippen MR) is 77.0 cm³/mol. The minimum atomic E-state index is 0.0285. The van der Waals surface area contributed by atoms with E-state index < -0.39 is 0 Å². The van der Waals surface area contributed by atoms with E-state index in [-0.39, 0.29) is 10.0 Å². The molecule has 0 aromatic carbocycles. The first kappa shape index (κ1) is 11.2. The minimum absolute atomic E-state index is 0.0285. The molecule has 3 aliphatic heterocycles. The van der Waals surface area contributed by atoms with Crippen LogP contribution in [0.3, 0.4) is 0 Å². The van der Waals surface area contributed by atoms with E-state index in [1.807, 2.05) is 0 Å². The smallest absolute Gasteiger partial charge is 0.0136 e. The molecule has 3 heterocycles. The van der Waals surface area contributed by atoms with Crippen molar-refractivity contribution in [2.45, 2.75) is 43.6 Å². The summed E-state index contributed by atoms with van der Waals surface area (Å²) in [6.07, 6.45) is 4.63. The molecular formula is C15H27NS. The van der Waals surface area contributed by atoms with E-state index in [1.54, 1.807) is 24.3 Å². The molecule has 3 saturated heterocycles. The van der Waals surface area contributed by atoms with Crippen molar-refractivity contribution in [3.63, 3.8) is 0 Å². The van der Waals surface area contributed by atoms with Crippen molar-refractivity contribution < 1.29 is 0 Å². The van der Waals surface area contributed by atoms with E-state index in [2.05, 4.69) is 25.8 Å². The summed E-state index contributed by atoms with van der Waals surface area (Å²) in [6.45, 7) is 7.51. The molecule has 98 valence electrons. The van der Waals surface area contributed by atoms with E-state index in [1.165, 1.54) is 30.0 Å². The highest BCUT2D eigenvalue weighted by Gasteiger charge is 2.99. The van der Waals surface area contributed by atoms with E-state index in [4.69, 9.17) is 0 Å². The van der Waals surface area contributed by atoms with Crippen LogP contribution in [-0.4, -0.2) is 47.0 Å². The van der Waals surface area contributed by atoms with E-state index in [0.29, 0.717) is 0 Å². The second kappa shape index (κ2) is 3.25. The van der Waals surface area contributed by atoms with Gasteiger partial charge in [0, 0.05) is 22.5 Å². The maximum absolute atomic E-state index is 2.56. The molecule has 2 bridgehead atoms. The SMILES string of the molecule is CCN(C)CC12CS3(CC(C)C4CCC4)C1C23. The largest absolute Gasteiger partial charge is 0.306 e. The van der Waals surface area contributed by atoms with Crippen LogP contribution in [0, 0.1) is 17.3 Å².